The van der Waals surface area contributed by atoms with E-state index < -0.39 is 18.2 Å². The highest BCUT2D eigenvalue weighted by Gasteiger charge is 2.52. The summed E-state index contributed by atoms with van der Waals surface area (Å²) in [6, 6.07) is 19.4. The minimum Gasteiger partial charge on any atom is -0.453 e. The van der Waals surface area contributed by atoms with Crippen molar-refractivity contribution in [1.82, 2.24) is 40.5 Å². The highest BCUT2D eigenvalue weighted by atomic mass is 16.5. The van der Waals surface area contributed by atoms with Crippen molar-refractivity contribution in [2.24, 2.45) is 17.8 Å². The van der Waals surface area contributed by atoms with Crippen LogP contribution >= 0.6 is 0 Å². The van der Waals surface area contributed by atoms with E-state index in [2.05, 4.69) is 79.1 Å². The van der Waals surface area contributed by atoms with E-state index >= 15 is 0 Å². The number of likely N-dealkylation sites (tertiary alicyclic amines) is 1. The van der Waals surface area contributed by atoms with Crippen LogP contribution in [0, 0.1) is 17.8 Å². The summed E-state index contributed by atoms with van der Waals surface area (Å²) in [4.78, 5) is 61.9. The van der Waals surface area contributed by atoms with Crippen LogP contribution in [0.25, 0.3) is 33.6 Å². The lowest BCUT2D eigenvalue weighted by atomic mass is 9.78. The topological polar surface area (TPSA) is 167 Å². The van der Waals surface area contributed by atoms with Gasteiger partial charge in [0.05, 0.1) is 55.0 Å². The van der Waals surface area contributed by atoms with Crippen molar-refractivity contribution in [1.29, 1.82) is 0 Å². The number of aromatic nitrogens is 5. The Morgan fingerprint density at radius 1 is 0.789 bits per heavy atom. The average molecular weight is 771 g/mol. The van der Waals surface area contributed by atoms with Crippen LogP contribution in [0.3, 0.4) is 0 Å². The van der Waals surface area contributed by atoms with Crippen molar-refractivity contribution in [2.75, 3.05) is 20.8 Å². The first-order chi connectivity index (χ1) is 27.7. The molecule has 0 radical (unpaired) electrons. The molecule has 3 unspecified atom stereocenters. The normalized spacial score (nSPS) is 22.9. The fraction of sp³-hybridized carbons (Fsp3) is 0.409. The van der Waals surface area contributed by atoms with Crippen LogP contribution < -0.4 is 10.6 Å². The van der Waals surface area contributed by atoms with Gasteiger partial charge in [-0.1, -0.05) is 54.6 Å². The van der Waals surface area contributed by atoms with Gasteiger partial charge < -0.3 is 35.0 Å². The molecule has 2 bridgehead atoms. The molecule has 1 saturated heterocycles. The van der Waals surface area contributed by atoms with Gasteiger partial charge in [0.25, 0.3) is 0 Å². The lowest BCUT2D eigenvalue weighted by molar-refractivity contribution is -0.137. The number of alkyl carbamates (subject to hydrolysis) is 1. The molecule has 2 saturated carbocycles. The number of imidazole rings is 2. The molecule has 2 aromatic carbocycles. The number of rotatable bonds is 12. The van der Waals surface area contributed by atoms with Crippen molar-refractivity contribution in [3.63, 3.8) is 0 Å². The molecule has 13 heteroatoms. The third kappa shape index (κ3) is 7.68. The smallest absolute Gasteiger partial charge is 0.407 e. The van der Waals surface area contributed by atoms with Gasteiger partial charge in [-0.05, 0) is 91.7 Å². The minimum atomic E-state index is -0.886. The predicted molar refractivity (Wildman–Crippen MR) is 214 cm³/mol. The van der Waals surface area contributed by atoms with Gasteiger partial charge in [0.15, 0.2) is 0 Å². The molecule has 2 aliphatic carbocycles. The second-order valence-corrected chi connectivity index (χ2v) is 15.7. The standard InChI is InChI=1S/C44H50N8O5/c1-25(33-7-5-19-45-22-33)48-42(53)38-32-18-17-31(21-32)37(38)41-47-24-35(50-41)30-15-11-28(12-16-30)27-9-13-29(14-10-27)34-23-46-40(49-34)36-8-6-20-52(36)43(54)39(26(2)56-3)51-44(55)57-4/h5,7,9-16,19,22-26,31-32,36-39H,6,8,17-18,20-21H2,1-4H3,(H,46,49)(H,47,50)(H,48,53)(H,51,55)/t25?,26-,31?,32+,36+,37?,38+,39+/m1/s1. The van der Waals surface area contributed by atoms with Crippen molar-refractivity contribution < 1.29 is 23.9 Å². The SMILES string of the molecule is COC(=O)N[C@H](C(=O)N1CCC[C@H]1c1ncc(-c2ccc(-c3ccc(-c4cnc(C5C6CC[C@@H](C6)[C@@H]5C(=O)NC(C)c5cccnc5)[nH]4)cc3)cc2)[nH]1)[C@@H](C)OC. The Bertz CT molecular complexity index is 2190. The van der Waals surface area contributed by atoms with Crippen molar-refractivity contribution in [3.05, 3.63) is 103 Å². The molecule has 8 rings (SSSR count). The number of nitrogens with zero attached hydrogens (tertiary/aromatic N) is 4. The Balaban J connectivity index is 0.922. The third-order valence-electron chi connectivity index (χ3n) is 12.4. The number of pyridine rings is 1. The van der Waals surface area contributed by atoms with E-state index in [-0.39, 0.29) is 35.7 Å². The number of benzene rings is 2. The lowest BCUT2D eigenvalue weighted by Crippen LogP contribution is -2.54. The van der Waals surface area contributed by atoms with Crippen LogP contribution in [0.2, 0.25) is 0 Å². The molecular weight excluding hydrogens is 721 g/mol. The van der Waals surface area contributed by atoms with E-state index in [0.29, 0.717) is 24.2 Å². The summed E-state index contributed by atoms with van der Waals surface area (Å²) in [6.45, 7) is 4.31. The summed E-state index contributed by atoms with van der Waals surface area (Å²) < 4.78 is 10.2. The molecule has 8 atom stereocenters. The number of hydrogen-bond acceptors (Lipinski definition) is 8. The molecule has 4 heterocycles. The fourth-order valence-electron chi connectivity index (χ4n) is 9.27. The average Bonchev–Trinajstić information content (AvgIpc) is 4.11. The Labute approximate surface area is 332 Å². The Hall–Kier alpha value is -5.82. The minimum absolute atomic E-state index is 0.0781. The largest absolute Gasteiger partial charge is 0.453 e. The van der Waals surface area contributed by atoms with E-state index in [0.717, 1.165) is 77.1 Å². The molecule has 57 heavy (non-hydrogen) atoms. The highest BCUT2D eigenvalue weighted by Crippen LogP contribution is 2.56. The van der Waals surface area contributed by atoms with Crippen LogP contribution in [-0.4, -0.2) is 80.6 Å². The molecule has 0 spiro atoms. The molecule has 3 aromatic heterocycles. The van der Waals surface area contributed by atoms with Gasteiger partial charge in [-0.25, -0.2) is 14.8 Å². The lowest BCUT2D eigenvalue weighted by Gasteiger charge is -2.30. The van der Waals surface area contributed by atoms with E-state index in [1.165, 1.54) is 14.2 Å². The quantitative estimate of drug-likeness (QED) is 0.106. The van der Waals surface area contributed by atoms with Crippen molar-refractivity contribution in [3.8, 4) is 33.6 Å². The zero-order valence-electron chi connectivity index (χ0n) is 32.8. The number of carbonyl (C=O) groups is 3. The van der Waals surface area contributed by atoms with Crippen LogP contribution in [-0.2, 0) is 19.1 Å². The number of fused-ring (bicyclic) bond motifs is 2. The van der Waals surface area contributed by atoms with Crippen LogP contribution in [0.1, 0.15) is 81.2 Å². The molecule has 3 amide bonds. The summed E-state index contributed by atoms with van der Waals surface area (Å²) in [5.41, 5.74) is 6.98. The summed E-state index contributed by atoms with van der Waals surface area (Å²) in [6.07, 6.45) is 10.9. The van der Waals surface area contributed by atoms with E-state index in [1.807, 2.05) is 31.5 Å². The van der Waals surface area contributed by atoms with Crippen LogP contribution in [0.4, 0.5) is 4.79 Å². The van der Waals surface area contributed by atoms with Crippen LogP contribution in [0.15, 0.2) is 85.5 Å². The number of ether oxygens (including phenoxy) is 2. The first-order valence-electron chi connectivity index (χ1n) is 19.9. The first-order valence-corrected chi connectivity index (χ1v) is 19.9. The number of aromatic amines is 2. The molecule has 3 aliphatic rings. The van der Waals surface area contributed by atoms with Crippen LogP contribution in [0.5, 0.6) is 0 Å². The maximum Gasteiger partial charge on any atom is 0.407 e. The summed E-state index contributed by atoms with van der Waals surface area (Å²) in [5, 5.41) is 5.90. The molecule has 5 aromatic rings. The molecule has 3 fully saturated rings. The Kier molecular flexibility index (Phi) is 10.9. The number of methoxy groups -OCH3 is 2. The molecule has 13 nitrogen and oxygen atoms in total. The second kappa shape index (κ2) is 16.3. The number of nitrogens with one attached hydrogen (secondary N) is 4. The van der Waals surface area contributed by atoms with Gasteiger partial charge >= 0.3 is 6.09 Å². The van der Waals surface area contributed by atoms with Crippen molar-refractivity contribution >= 4 is 17.9 Å². The first kappa shape index (κ1) is 38.1. The Morgan fingerprint density at radius 2 is 1.42 bits per heavy atom. The number of H-pyrrole nitrogens is 2. The summed E-state index contributed by atoms with van der Waals surface area (Å²) in [5.74, 6) is 2.30. The van der Waals surface area contributed by atoms with Gasteiger partial charge in [-0.2, -0.15) is 0 Å². The second-order valence-electron chi connectivity index (χ2n) is 15.7. The zero-order chi connectivity index (χ0) is 39.6. The fourth-order valence-corrected chi connectivity index (χ4v) is 9.27. The van der Waals surface area contributed by atoms with E-state index in [4.69, 9.17) is 14.5 Å². The van der Waals surface area contributed by atoms with E-state index in [1.54, 1.807) is 24.2 Å². The van der Waals surface area contributed by atoms with E-state index in [9.17, 15) is 14.4 Å². The summed E-state index contributed by atoms with van der Waals surface area (Å²) >= 11 is 0. The van der Waals surface area contributed by atoms with Gasteiger partial charge in [0.2, 0.25) is 11.8 Å². The maximum atomic E-state index is 13.7. The Morgan fingerprint density at radius 3 is 2.05 bits per heavy atom. The van der Waals surface area contributed by atoms with Gasteiger partial charge in [-0.3, -0.25) is 14.6 Å². The van der Waals surface area contributed by atoms with Gasteiger partial charge in [0.1, 0.15) is 17.7 Å². The number of carbonyl (C=O) groups excluding carboxylic acids is 3. The number of amides is 3. The zero-order valence-corrected chi connectivity index (χ0v) is 32.8. The van der Waals surface area contributed by atoms with Crippen molar-refractivity contribution in [2.45, 2.75) is 76.1 Å². The number of hydrogen-bond donors (Lipinski definition) is 4. The molecule has 1 aliphatic heterocycles. The molecule has 296 valence electrons. The summed E-state index contributed by atoms with van der Waals surface area (Å²) in [7, 11) is 2.77. The van der Waals surface area contributed by atoms with Gasteiger partial charge in [-0.15, -0.1) is 0 Å². The van der Waals surface area contributed by atoms with Gasteiger partial charge in [0, 0.05) is 32.0 Å². The monoisotopic (exact) mass is 770 g/mol. The predicted octanol–water partition coefficient (Wildman–Crippen LogP) is 6.96. The molecule has 4 N–H and O–H groups in total. The maximum absolute atomic E-state index is 13.7. The highest BCUT2D eigenvalue weighted by molar-refractivity contribution is 5.87. The third-order valence-corrected chi connectivity index (χ3v) is 12.4. The molecular formula is C44H50N8O5.